The normalized spacial score (nSPS) is 50.2. The minimum atomic E-state index is -0.417. The molecule has 0 spiro atoms. The zero-order chi connectivity index (χ0) is 20.0. The highest BCUT2D eigenvalue weighted by Gasteiger charge is 2.68. The summed E-state index contributed by atoms with van der Waals surface area (Å²) in [4.78, 5) is 13.7. The standard InChI is InChI=1S/C22H38O4S/c1-14-8-10-22-11-9-16(25-6)18(22)21(14,4)17(26-13-24-5)12-20(3,27-7)19(23)15(22)2/h14-18H,8-13H2,1-7H3/t14-,15+,16-,17-,18?,20-,21+,22?/m1/s1. The lowest BCUT2D eigenvalue weighted by atomic mass is 9.45. The summed E-state index contributed by atoms with van der Waals surface area (Å²) in [6.45, 7) is 9.40. The van der Waals surface area contributed by atoms with Gasteiger partial charge in [-0.15, -0.1) is 0 Å². The Balaban J connectivity index is 2.18. The molecule has 0 amide bonds. The van der Waals surface area contributed by atoms with Crippen molar-refractivity contribution in [3.63, 3.8) is 0 Å². The van der Waals surface area contributed by atoms with E-state index in [0.29, 0.717) is 17.6 Å². The first-order chi connectivity index (χ1) is 12.7. The first kappa shape index (κ1) is 21.6. The number of carbonyl (C=O) groups excluding carboxylic acids is 1. The number of hydrogen-bond acceptors (Lipinski definition) is 5. The zero-order valence-corrected chi connectivity index (χ0v) is 19.0. The third kappa shape index (κ3) is 3.03. The number of methoxy groups -OCH3 is 2. The van der Waals surface area contributed by atoms with Crippen LogP contribution in [-0.4, -0.2) is 50.0 Å². The molecule has 0 saturated heterocycles. The number of hydrogen-bond donors (Lipinski definition) is 0. The van der Waals surface area contributed by atoms with Gasteiger partial charge >= 0.3 is 0 Å². The van der Waals surface area contributed by atoms with Crippen LogP contribution in [0.2, 0.25) is 0 Å². The van der Waals surface area contributed by atoms with E-state index >= 15 is 0 Å². The molecule has 2 unspecified atom stereocenters. The van der Waals surface area contributed by atoms with Gasteiger partial charge in [-0.25, -0.2) is 0 Å². The molecule has 5 heteroatoms. The molecule has 4 nitrogen and oxygen atoms in total. The zero-order valence-electron chi connectivity index (χ0n) is 18.2. The largest absolute Gasteiger partial charge is 0.381 e. The first-order valence-electron chi connectivity index (χ1n) is 10.4. The number of Topliss-reactive ketones (excluding diaryl/α,β-unsaturated/α-hetero) is 1. The van der Waals surface area contributed by atoms with Crippen LogP contribution in [0.15, 0.2) is 0 Å². The summed E-state index contributed by atoms with van der Waals surface area (Å²) < 4.78 is 17.3. The van der Waals surface area contributed by atoms with E-state index in [4.69, 9.17) is 14.2 Å². The molecular weight excluding hydrogens is 360 g/mol. The molecule has 2 bridgehead atoms. The predicted molar refractivity (Wildman–Crippen MR) is 110 cm³/mol. The Kier molecular flexibility index (Phi) is 6.10. The molecule has 0 radical (unpaired) electrons. The van der Waals surface area contributed by atoms with Crippen LogP contribution in [-0.2, 0) is 19.0 Å². The minimum Gasteiger partial charge on any atom is -0.381 e. The highest BCUT2D eigenvalue weighted by molar-refractivity contribution is 8.00. The second kappa shape index (κ2) is 7.62. The van der Waals surface area contributed by atoms with E-state index in [1.807, 2.05) is 7.11 Å². The molecule has 27 heavy (non-hydrogen) atoms. The summed E-state index contributed by atoms with van der Waals surface area (Å²) in [7, 11) is 3.52. The van der Waals surface area contributed by atoms with Gasteiger partial charge in [-0.05, 0) is 62.5 Å². The van der Waals surface area contributed by atoms with Crippen LogP contribution in [0.1, 0.15) is 59.8 Å². The van der Waals surface area contributed by atoms with Crippen LogP contribution in [0.5, 0.6) is 0 Å². The Hall–Kier alpha value is -0.100. The molecule has 0 aromatic rings. The Morgan fingerprint density at radius 1 is 1.15 bits per heavy atom. The number of thioether (sulfide) groups is 1. The van der Waals surface area contributed by atoms with Crippen LogP contribution in [0.4, 0.5) is 0 Å². The molecular formula is C22H38O4S. The lowest BCUT2D eigenvalue weighted by Gasteiger charge is -2.62. The Labute approximate surface area is 169 Å². The van der Waals surface area contributed by atoms with Gasteiger partial charge in [0.2, 0.25) is 0 Å². The maximum Gasteiger partial charge on any atom is 0.152 e. The molecule has 156 valence electrons. The number of carbonyl (C=O) groups is 1. The summed E-state index contributed by atoms with van der Waals surface area (Å²) in [6, 6.07) is 0. The number of rotatable bonds is 5. The highest BCUT2D eigenvalue weighted by atomic mass is 32.2. The van der Waals surface area contributed by atoms with Gasteiger partial charge in [0.25, 0.3) is 0 Å². The molecule has 0 N–H and O–H groups in total. The maximum absolute atomic E-state index is 13.7. The number of ether oxygens (including phenoxy) is 3. The maximum atomic E-state index is 13.7. The van der Waals surface area contributed by atoms with Gasteiger partial charge in [0.15, 0.2) is 5.78 Å². The van der Waals surface area contributed by atoms with Gasteiger partial charge in [0.1, 0.15) is 6.79 Å². The fourth-order valence-electron chi connectivity index (χ4n) is 6.95. The second-order valence-electron chi connectivity index (χ2n) is 9.62. The van der Waals surface area contributed by atoms with Crippen LogP contribution in [0, 0.1) is 28.6 Å². The van der Waals surface area contributed by atoms with Crippen molar-refractivity contribution in [1.29, 1.82) is 0 Å². The van der Waals surface area contributed by atoms with Crippen molar-refractivity contribution >= 4 is 17.5 Å². The van der Waals surface area contributed by atoms with Crippen molar-refractivity contribution in [2.75, 3.05) is 27.3 Å². The molecule has 3 fully saturated rings. The van der Waals surface area contributed by atoms with E-state index in [9.17, 15) is 4.79 Å². The second-order valence-corrected chi connectivity index (χ2v) is 10.9. The van der Waals surface area contributed by atoms with E-state index in [-0.39, 0.29) is 35.7 Å². The summed E-state index contributed by atoms with van der Waals surface area (Å²) in [6.07, 6.45) is 7.43. The molecule has 0 aliphatic heterocycles. The van der Waals surface area contributed by atoms with Gasteiger partial charge in [-0.2, -0.15) is 11.8 Å². The predicted octanol–water partition coefficient (Wildman–Crippen LogP) is 4.55. The molecule has 3 rings (SSSR count). The average molecular weight is 399 g/mol. The van der Waals surface area contributed by atoms with Crippen molar-refractivity contribution in [2.45, 2.75) is 76.8 Å². The third-order valence-corrected chi connectivity index (χ3v) is 10.1. The van der Waals surface area contributed by atoms with E-state index in [2.05, 4.69) is 34.0 Å². The van der Waals surface area contributed by atoms with Crippen molar-refractivity contribution < 1.29 is 19.0 Å². The van der Waals surface area contributed by atoms with Crippen LogP contribution < -0.4 is 0 Å². The van der Waals surface area contributed by atoms with Crippen molar-refractivity contribution in [2.24, 2.45) is 28.6 Å². The van der Waals surface area contributed by atoms with Gasteiger partial charge in [-0.1, -0.05) is 20.8 Å². The molecule has 0 heterocycles. The Bertz CT molecular complexity index is 569. The quantitative estimate of drug-likeness (QED) is 0.636. The highest BCUT2D eigenvalue weighted by Crippen LogP contribution is 2.68. The summed E-state index contributed by atoms with van der Waals surface area (Å²) >= 11 is 1.69. The van der Waals surface area contributed by atoms with Gasteiger partial charge in [0, 0.05) is 25.6 Å². The van der Waals surface area contributed by atoms with Crippen molar-refractivity contribution in [3.05, 3.63) is 0 Å². The van der Waals surface area contributed by atoms with E-state index in [0.717, 1.165) is 32.1 Å². The molecule has 0 aromatic carbocycles. The molecule has 3 aliphatic carbocycles. The van der Waals surface area contributed by atoms with Crippen molar-refractivity contribution in [3.8, 4) is 0 Å². The van der Waals surface area contributed by atoms with Gasteiger partial charge in [0.05, 0.1) is 17.0 Å². The fourth-order valence-corrected chi connectivity index (χ4v) is 7.64. The van der Waals surface area contributed by atoms with E-state index in [1.54, 1.807) is 18.9 Å². The monoisotopic (exact) mass is 398 g/mol. The summed E-state index contributed by atoms with van der Waals surface area (Å²) in [5.41, 5.74) is 0.00498. The Morgan fingerprint density at radius 2 is 1.81 bits per heavy atom. The smallest absolute Gasteiger partial charge is 0.152 e. The van der Waals surface area contributed by atoms with Crippen molar-refractivity contribution in [1.82, 2.24) is 0 Å². The molecule has 3 aliphatic rings. The van der Waals surface area contributed by atoms with Crippen LogP contribution >= 0.6 is 11.8 Å². The summed E-state index contributed by atoms with van der Waals surface area (Å²) in [5, 5.41) is 0. The van der Waals surface area contributed by atoms with Crippen LogP contribution in [0.25, 0.3) is 0 Å². The Morgan fingerprint density at radius 3 is 2.41 bits per heavy atom. The molecule has 8 atom stereocenters. The summed E-state index contributed by atoms with van der Waals surface area (Å²) in [5.74, 6) is 1.35. The third-order valence-electron chi connectivity index (χ3n) is 8.85. The van der Waals surface area contributed by atoms with E-state index in [1.165, 1.54) is 0 Å². The van der Waals surface area contributed by atoms with Gasteiger partial charge in [-0.3, -0.25) is 4.79 Å². The topological polar surface area (TPSA) is 44.8 Å². The number of ketones is 1. The lowest BCUT2D eigenvalue weighted by molar-refractivity contribution is -0.211. The van der Waals surface area contributed by atoms with Gasteiger partial charge < -0.3 is 14.2 Å². The average Bonchev–Trinajstić information content (AvgIpc) is 3.07. The lowest BCUT2D eigenvalue weighted by Crippen LogP contribution is -2.63. The minimum absolute atomic E-state index is 0.0122. The molecule has 3 saturated carbocycles. The first-order valence-corrected chi connectivity index (χ1v) is 11.7. The molecule has 0 aromatic heterocycles. The van der Waals surface area contributed by atoms with Crippen LogP contribution in [0.3, 0.4) is 0 Å². The SMILES string of the molecule is COCO[C@@H]1C[C@@](C)(SC)C(=O)[C@H](C)C23CC[C@@H](C)[C@]1(C)C2[C@H](OC)CC3. The fraction of sp³-hybridized carbons (Fsp3) is 0.955. The van der Waals surface area contributed by atoms with E-state index < -0.39 is 4.75 Å².